The minimum atomic E-state index is -0.509. The molecule has 1 aromatic heterocycles. The van der Waals surface area contributed by atoms with E-state index in [0.29, 0.717) is 18.1 Å². The van der Waals surface area contributed by atoms with Crippen LogP contribution in [0.15, 0.2) is 54.9 Å². The number of hydrogen-bond acceptors (Lipinski definition) is 5. The van der Waals surface area contributed by atoms with Gasteiger partial charge in [0.15, 0.2) is 0 Å². The van der Waals surface area contributed by atoms with Gasteiger partial charge in [-0.3, -0.25) is 9.78 Å². The van der Waals surface area contributed by atoms with Gasteiger partial charge in [-0.2, -0.15) is 0 Å². The van der Waals surface area contributed by atoms with Gasteiger partial charge in [-0.05, 0) is 22.8 Å². The maximum Gasteiger partial charge on any atom is 0.273 e. The molecule has 1 aliphatic heterocycles. The smallest absolute Gasteiger partial charge is 0.273 e. The molecule has 2 unspecified atom stereocenters. The van der Waals surface area contributed by atoms with Crippen LogP contribution >= 0.6 is 0 Å². The number of aromatic nitrogens is 2. The number of anilines is 1. The molecular weight excluding hydrogens is 352 g/mol. The molecule has 0 aliphatic carbocycles. The van der Waals surface area contributed by atoms with E-state index in [1.165, 1.54) is 21.9 Å². The second-order valence-electron chi connectivity index (χ2n) is 7.48. The van der Waals surface area contributed by atoms with Crippen LogP contribution in [0.2, 0.25) is 0 Å². The predicted octanol–water partition coefficient (Wildman–Crippen LogP) is 2.69. The van der Waals surface area contributed by atoms with Gasteiger partial charge in [0.1, 0.15) is 11.5 Å². The SMILES string of the molecule is CN(C)C(=O)c1cncc(N2CCC(c3ccc4ccccc4c3)C(O)C2)n1. The molecule has 144 valence electrons. The van der Waals surface area contributed by atoms with E-state index in [2.05, 4.69) is 40.3 Å². The van der Waals surface area contributed by atoms with E-state index in [4.69, 9.17) is 0 Å². The first kappa shape index (κ1) is 18.4. The topological polar surface area (TPSA) is 69.6 Å². The molecule has 6 heteroatoms. The summed E-state index contributed by atoms with van der Waals surface area (Å²) < 4.78 is 0. The van der Waals surface area contributed by atoms with Gasteiger partial charge in [0.2, 0.25) is 0 Å². The lowest BCUT2D eigenvalue weighted by Gasteiger charge is -2.37. The fraction of sp³-hybridized carbons (Fsp3) is 0.318. The number of aliphatic hydroxyl groups is 1. The minimum absolute atomic E-state index is 0.0837. The number of rotatable bonds is 3. The standard InChI is InChI=1S/C22H24N4O2/c1-25(2)22(28)19-12-23-13-21(24-19)26-10-9-18(20(27)14-26)17-8-7-15-5-3-4-6-16(15)11-17/h3-8,11-13,18,20,27H,9-10,14H2,1-2H3. The first-order valence-corrected chi connectivity index (χ1v) is 9.48. The Morgan fingerprint density at radius 2 is 1.93 bits per heavy atom. The highest BCUT2D eigenvalue weighted by Crippen LogP contribution is 2.32. The van der Waals surface area contributed by atoms with Gasteiger partial charge in [-0.1, -0.05) is 42.5 Å². The first-order chi connectivity index (χ1) is 13.5. The molecule has 1 N–H and O–H groups in total. The number of piperidine rings is 1. The Morgan fingerprint density at radius 3 is 2.68 bits per heavy atom. The van der Waals surface area contributed by atoms with Crippen molar-refractivity contribution in [2.75, 3.05) is 32.1 Å². The maximum atomic E-state index is 12.1. The summed E-state index contributed by atoms with van der Waals surface area (Å²) in [6.45, 7) is 1.22. The number of aliphatic hydroxyl groups excluding tert-OH is 1. The maximum absolute atomic E-state index is 12.1. The van der Waals surface area contributed by atoms with Crippen LogP contribution in [0.25, 0.3) is 10.8 Å². The molecule has 0 spiro atoms. The fourth-order valence-corrected chi connectivity index (χ4v) is 3.81. The average molecular weight is 376 g/mol. The van der Waals surface area contributed by atoms with Gasteiger partial charge in [0.05, 0.1) is 18.5 Å². The van der Waals surface area contributed by atoms with Gasteiger partial charge >= 0.3 is 0 Å². The molecule has 3 aromatic rings. The zero-order valence-corrected chi connectivity index (χ0v) is 16.1. The number of hydrogen-bond donors (Lipinski definition) is 1. The third-order valence-corrected chi connectivity index (χ3v) is 5.35. The molecule has 2 atom stereocenters. The number of fused-ring (bicyclic) bond motifs is 1. The molecule has 6 nitrogen and oxygen atoms in total. The van der Waals surface area contributed by atoms with Crippen molar-refractivity contribution in [3.63, 3.8) is 0 Å². The van der Waals surface area contributed by atoms with Crippen molar-refractivity contribution in [1.29, 1.82) is 0 Å². The van der Waals surface area contributed by atoms with Crippen molar-refractivity contribution in [2.24, 2.45) is 0 Å². The summed E-state index contributed by atoms with van der Waals surface area (Å²) in [6, 6.07) is 14.7. The van der Waals surface area contributed by atoms with Crippen LogP contribution in [0.3, 0.4) is 0 Å². The highest BCUT2D eigenvalue weighted by Gasteiger charge is 2.30. The van der Waals surface area contributed by atoms with Crippen LogP contribution in [-0.2, 0) is 0 Å². The third kappa shape index (κ3) is 3.55. The van der Waals surface area contributed by atoms with Gasteiger partial charge < -0.3 is 14.9 Å². The average Bonchev–Trinajstić information content (AvgIpc) is 2.72. The zero-order chi connectivity index (χ0) is 19.7. The number of nitrogens with zero attached hydrogens (tertiary/aromatic N) is 4. The second kappa shape index (κ2) is 7.56. The molecule has 1 saturated heterocycles. The van der Waals surface area contributed by atoms with Crippen LogP contribution in [-0.4, -0.2) is 59.2 Å². The van der Waals surface area contributed by atoms with Gasteiger partial charge in [-0.15, -0.1) is 0 Å². The van der Waals surface area contributed by atoms with Crippen molar-refractivity contribution < 1.29 is 9.90 Å². The largest absolute Gasteiger partial charge is 0.391 e. The molecule has 4 rings (SSSR count). The highest BCUT2D eigenvalue weighted by atomic mass is 16.3. The van der Waals surface area contributed by atoms with Crippen LogP contribution in [0.1, 0.15) is 28.4 Å². The van der Waals surface area contributed by atoms with Crippen LogP contribution < -0.4 is 4.90 Å². The molecule has 0 saturated carbocycles. The first-order valence-electron chi connectivity index (χ1n) is 9.48. The third-order valence-electron chi connectivity index (χ3n) is 5.35. The van der Waals surface area contributed by atoms with Crippen molar-refractivity contribution in [1.82, 2.24) is 14.9 Å². The number of β-amino-alcohol motifs (C(OH)–C–C–N with tert-alkyl or cyclic N) is 1. The van der Waals surface area contributed by atoms with Crippen molar-refractivity contribution >= 4 is 22.5 Å². The van der Waals surface area contributed by atoms with Gasteiger partial charge in [-0.25, -0.2) is 4.98 Å². The Kier molecular flexibility index (Phi) is 4.96. The Hall–Kier alpha value is -2.99. The Labute approximate surface area is 164 Å². The van der Waals surface area contributed by atoms with E-state index in [0.717, 1.165) is 18.5 Å². The Balaban J connectivity index is 1.52. The van der Waals surface area contributed by atoms with E-state index in [-0.39, 0.29) is 11.8 Å². The molecule has 1 aliphatic rings. The Bertz CT molecular complexity index is 1000. The zero-order valence-electron chi connectivity index (χ0n) is 16.1. The van der Waals surface area contributed by atoms with E-state index < -0.39 is 6.10 Å². The van der Waals surface area contributed by atoms with Crippen molar-refractivity contribution in [3.05, 3.63) is 66.1 Å². The van der Waals surface area contributed by atoms with Crippen molar-refractivity contribution in [3.8, 4) is 0 Å². The molecule has 28 heavy (non-hydrogen) atoms. The number of carbonyl (C=O) groups excluding carboxylic acids is 1. The summed E-state index contributed by atoms with van der Waals surface area (Å²) in [6.07, 6.45) is 3.43. The van der Waals surface area contributed by atoms with E-state index in [9.17, 15) is 9.90 Å². The molecule has 0 radical (unpaired) electrons. The number of benzene rings is 2. The number of amides is 1. The minimum Gasteiger partial charge on any atom is -0.391 e. The van der Waals surface area contributed by atoms with Crippen LogP contribution in [0.4, 0.5) is 5.82 Å². The summed E-state index contributed by atoms with van der Waals surface area (Å²) in [5.74, 6) is 0.532. The summed E-state index contributed by atoms with van der Waals surface area (Å²) in [7, 11) is 3.38. The normalized spacial score (nSPS) is 19.6. The van der Waals surface area contributed by atoms with Crippen LogP contribution in [0.5, 0.6) is 0 Å². The van der Waals surface area contributed by atoms with Crippen LogP contribution in [0, 0.1) is 0 Å². The monoisotopic (exact) mass is 376 g/mol. The van der Waals surface area contributed by atoms with E-state index in [1.54, 1.807) is 20.3 Å². The molecule has 0 bridgehead atoms. The summed E-state index contributed by atoms with van der Waals surface area (Å²) >= 11 is 0. The van der Waals surface area contributed by atoms with E-state index in [1.807, 2.05) is 17.0 Å². The second-order valence-corrected chi connectivity index (χ2v) is 7.48. The summed E-state index contributed by atoms with van der Waals surface area (Å²) in [5, 5.41) is 13.2. The molecular formula is C22H24N4O2. The molecule has 2 heterocycles. The van der Waals surface area contributed by atoms with Crippen molar-refractivity contribution in [2.45, 2.75) is 18.4 Å². The Morgan fingerprint density at radius 1 is 1.14 bits per heavy atom. The quantitative estimate of drug-likeness (QED) is 0.761. The van der Waals surface area contributed by atoms with Gasteiger partial charge in [0.25, 0.3) is 5.91 Å². The lowest BCUT2D eigenvalue weighted by atomic mass is 9.86. The summed E-state index contributed by atoms with van der Waals surface area (Å²) in [5.41, 5.74) is 1.47. The lowest BCUT2D eigenvalue weighted by molar-refractivity contribution is 0.0821. The predicted molar refractivity (Wildman–Crippen MR) is 110 cm³/mol. The molecule has 2 aromatic carbocycles. The van der Waals surface area contributed by atoms with E-state index >= 15 is 0 Å². The van der Waals surface area contributed by atoms with Gasteiger partial charge in [0, 0.05) is 33.1 Å². The summed E-state index contributed by atoms with van der Waals surface area (Å²) in [4.78, 5) is 24.2. The lowest BCUT2D eigenvalue weighted by Crippen LogP contribution is -2.43. The fourth-order valence-electron chi connectivity index (χ4n) is 3.81. The highest BCUT2D eigenvalue weighted by molar-refractivity contribution is 5.92. The number of carbonyl (C=O) groups is 1. The molecule has 1 amide bonds. The molecule has 1 fully saturated rings.